The minimum atomic E-state index is 0.00158. The summed E-state index contributed by atoms with van der Waals surface area (Å²) >= 11 is 0. The van der Waals surface area contributed by atoms with Crippen LogP contribution >= 0.6 is 0 Å². The normalized spacial score (nSPS) is 15.7. The van der Waals surface area contributed by atoms with E-state index in [9.17, 15) is 4.79 Å². The van der Waals surface area contributed by atoms with Crippen LogP contribution in [0.1, 0.15) is 40.5 Å². The number of carbonyl (C=O) groups excluding carboxylic acids is 1. The molecule has 0 spiro atoms. The van der Waals surface area contributed by atoms with Crippen molar-refractivity contribution < 1.29 is 4.79 Å². The molecule has 1 aliphatic heterocycles. The summed E-state index contributed by atoms with van der Waals surface area (Å²) in [6.45, 7) is 2.22. The van der Waals surface area contributed by atoms with Crippen LogP contribution in [-0.2, 0) is 6.54 Å². The van der Waals surface area contributed by atoms with Gasteiger partial charge in [0.05, 0.1) is 17.0 Å². The first-order valence-electron chi connectivity index (χ1n) is 8.14. The molecule has 7 nitrogen and oxygen atoms in total. The quantitative estimate of drug-likeness (QED) is 0.844. The van der Waals surface area contributed by atoms with Crippen molar-refractivity contribution in [2.45, 2.75) is 25.3 Å². The van der Waals surface area contributed by atoms with Crippen molar-refractivity contribution in [3.05, 3.63) is 48.1 Å². The molecule has 126 valence electrons. The first-order valence-corrected chi connectivity index (χ1v) is 8.14. The number of hydrogen-bond acceptors (Lipinski definition) is 6. The van der Waals surface area contributed by atoms with Gasteiger partial charge in [0.2, 0.25) is 0 Å². The van der Waals surface area contributed by atoms with Crippen LogP contribution in [0.15, 0.2) is 31.1 Å². The summed E-state index contributed by atoms with van der Waals surface area (Å²) in [6.07, 6.45) is 9.88. The third-order valence-corrected chi connectivity index (χ3v) is 4.25. The SMILES string of the molecule is CN(C)Cc1nccnc1C1CCN(C(=O)c2cncnc2)CC1. The van der Waals surface area contributed by atoms with Crippen molar-refractivity contribution in [2.75, 3.05) is 27.2 Å². The number of aromatic nitrogens is 4. The molecule has 1 fully saturated rings. The standard InChI is InChI=1S/C17H22N6O/c1-22(2)11-15-16(21-6-5-20-15)13-3-7-23(8-4-13)17(24)14-9-18-12-19-10-14/h5-6,9-10,12-13H,3-4,7-8,11H2,1-2H3. The third-order valence-electron chi connectivity index (χ3n) is 4.25. The van der Waals surface area contributed by atoms with Gasteiger partial charge in [-0.2, -0.15) is 0 Å². The van der Waals surface area contributed by atoms with E-state index in [0.29, 0.717) is 11.5 Å². The summed E-state index contributed by atoms with van der Waals surface area (Å²) in [5.41, 5.74) is 2.65. The van der Waals surface area contributed by atoms with E-state index >= 15 is 0 Å². The van der Waals surface area contributed by atoms with Crippen molar-refractivity contribution in [3.63, 3.8) is 0 Å². The highest BCUT2D eigenvalue weighted by Crippen LogP contribution is 2.29. The molecule has 0 radical (unpaired) electrons. The summed E-state index contributed by atoms with van der Waals surface area (Å²) < 4.78 is 0. The minimum absolute atomic E-state index is 0.00158. The Morgan fingerprint density at radius 3 is 2.50 bits per heavy atom. The highest BCUT2D eigenvalue weighted by Gasteiger charge is 2.27. The summed E-state index contributed by atoms with van der Waals surface area (Å²) in [7, 11) is 4.06. The Morgan fingerprint density at radius 2 is 1.83 bits per heavy atom. The third kappa shape index (κ3) is 3.73. The average molecular weight is 326 g/mol. The van der Waals surface area contributed by atoms with Gasteiger partial charge in [-0.05, 0) is 26.9 Å². The Bertz CT molecular complexity index is 682. The second kappa shape index (κ2) is 7.44. The Morgan fingerprint density at radius 1 is 1.17 bits per heavy atom. The van der Waals surface area contributed by atoms with E-state index in [2.05, 4.69) is 24.8 Å². The minimum Gasteiger partial charge on any atom is -0.339 e. The molecule has 1 amide bonds. The van der Waals surface area contributed by atoms with Crippen LogP contribution in [0, 0.1) is 0 Å². The Hall–Kier alpha value is -2.41. The average Bonchev–Trinajstić information content (AvgIpc) is 2.62. The van der Waals surface area contributed by atoms with E-state index in [1.54, 1.807) is 24.8 Å². The van der Waals surface area contributed by atoms with E-state index in [4.69, 9.17) is 0 Å². The Labute approximate surface area is 141 Å². The van der Waals surface area contributed by atoms with Crippen LogP contribution in [-0.4, -0.2) is 62.8 Å². The molecule has 0 atom stereocenters. The lowest BCUT2D eigenvalue weighted by molar-refractivity contribution is 0.0711. The summed E-state index contributed by atoms with van der Waals surface area (Å²) in [5, 5.41) is 0. The molecular formula is C17H22N6O. The first kappa shape index (κ1) is 16.4. The molecule has 7 heteroatoms. The number of nitrogens with zero attached hydrogens (tertiary/aromatic N) is 6. The molecule has 2 aromatic rings. The topological polar surface area (TPSA) is 75.1 Å². The van der Waals surface area contributed by atoms with E-state index in [1.165, 1.54) is 6.33 Å². The second-order valence-electron chi connectivity index (χ2n) is 6.32. The number of carbonyl (C=O) groups is 1. The zero-order valence-corrected chi connectivity index (χ0v) is 14.1. The van der Waals surface area contributed by atoms with Crippen molar-refractivity contribution >= 4 is 5.91 Å². The molecule has 2 aromatic heterocycles. The van der Waals surface area contributed by atoms with Gasteiger partial charge in [0.1, 0.15) is 6.33 Å². The van der Waals surface area contributed by atoms with E-state index < -0.39 is 0 Å². The van der Waals surface area contributed by atoms with Gasteiger partial charge in [0, 0.05) is 50.3 Å². The van der Waals surface area contributed by atoms with Gasteiger partial charge in [-0.1, -0.05) is 0 Å². The fourth-order valence-corrected chi connectivity index (χ4v) is 3.09. The van der Waals surface area contributed by atoms with Gasteiger partial charge in [0.15, 0.2) is 0 Å². The summed E-state index contributed by atoms with van der Waals surface area (Å²) in [4.78, 5) is 33.3. The zero-order valence-electron chi connectivity index (χ0n) is 14.1. The van der Waals surface area contributed by atoms with Crippen molar-refractivity contribution in [1.29, 1.82) is 0 Å². The fraction of sp³-hybridized carbons (Fsp3) is 0.471. The van der Waals surface area contributed by atoms with E-state index in [-0.39, 0.29) is 5.91 Å². The lowest BCUT2D eigenvalue weighted by Gasteiger charge is -2.32. The van der Waals surface area contributed by atoms with E-state index in [1.807, 2.05) is 19.0 Å². The van der Waals surface area contributed by atoms with Crippen molar-refractivity contribution in [2.24, 2.45) is 0 Å². The van der Waals surface area contributed by atoms with Crippen LogP contribution in [0.25, 0.3) is 0 Å². The molecule has 1 saturated heterocycles. The predicted octanol–water partition coefficient (Wildman–Crippen LogP) is 1.35. The molecule has 0 bridgehead atoms. The van der Waals surface area contributed by atoms with Gasteiger partial charge in [-0.3, -0.25) is 14.8 Å². The molecule has 0 aliphatic carbocycles. The van der Waals surface area contributed by atoms with Gasteiger partial charge in [-0.15, -0.1) is 0 Å². The molecule has 1 aliphatic rings. The Kier molecular flexibility index (Phi) is 5.10. The van der Waals surface area contributed by atoms with Gasteiger partial charge in [-0.25, -0.2) is 9.97 Å². The number of amides is 1. The predicted molar refractivity (Wildman–Crippen MR) is 89.3 cm³/mol. The molecule has 3 rings (SSSR count). The molecule has 0 unspecified atom stereocenters. The fourth-order valence-electron chi connectivity index (χ4n) is 3.09. The van der Waals surface area contributed by atoms with Crippen LogP contribution in [0.5, 0.6) is 0 Å². The zero-order chi connectivity index (χ0) is 16.9. The van der Waals surface area contributed by atoms with Crippen molar-refractivity contribution in [1.82, 2.24) is 29.7 Å². The molecule has 3 heterocycles. The lowest BCUT2D eigenvalue weighted by Crippen LogP contribution is -2.38. The Balaban J connectivity index is 1.66. The molecule has 0 saturated carbocycles. The second-order valence-corrected chi connectivity index (χ2v) is 6.32. The van der Waals surface area contributed by atoms with Crippen LogP contribution in [0.4, 0.5) is 0 Å². The molecule has 24 heavy (non-hydrogen) atoms. The highest BCUT2D eigenvalue weighted by molar-refractivity contribution is 5.93. The molecule has 0 N–H and O–H groups in total. The monoisotopic (exact) mass is 326 g/mol. The molecule has 0 aromatic carbocycles. The smallest absolute Gasteiger partial charge is 0.256 e. The van der Waals surface area contributed by atoms with Crippen LogP contribution in [0.2, 0.25) is 0 Å². The highest BCUT2D eigenvalue weighted by atomic mass is 16.2. The number of rotatable bonds is 4. The lowest BCUT2D eigenvalue weighted by atomic mass is 9.91. The van der Waals surface area contributed by atoms with Gasteiger partial charge < -0.3 is 9.80 Å². The number of hydrogen-bond donors (Lipinski definition) is 0. The van der Waals surface area contributed by atoms with Crippen LogP contribution in [0.3, 0.4) is 0 Å². The van der Waals surface area contributed by atoms with Crippen molar-refractivity contribution in [3.8, 4) is 0 Å². The summed E-state index contributed by atoms with van der Waals surface area (Å²) in [5.74, 6) is 0.353. The maximum Gasteiger partial charge on any atom is 0.256 e. The maximum absolute atomic E-state index is 12.5. The molecular weight excluding hydrogens is 304 g/mol. The largest absolute Gasteiger partial charge is 0.339 e. The first-order chi connectivity index (χ1) is 11.6. The maximum atomic E-state index is 12.5. The number of likely N-dealkylation sites (tertiary alicyclic amines) is 1. The van der Waals surface area contributed by atoms with Gasteiger partial charge >= 0.3 is 0 Å². The summed E-state index contributed by atoms with van der Waals surface area (Å²) in [6, 6.07) is 0. The van der Waals surface area contributed by atoms with Gasteiger partial charge in [0.25, 0.3) is 5.91 Å². The van der Waals surface area contributed by atoms with Crippen LogP contribution < -0.4 is 0 Å². The number of piperidine rings is 1. The van der Waals surface area contributed by atoms with E-state index in [0.717, 1.165) is 43.9 Å².